The standard InChI is InChI=1S/C20H31N3OS/c1-6-23(7-2)19-22-14-18(25-19)13-21-12-16-9-8-10-17(11-16)15-24-20(3,4)5/h8-11,14,21H,6-7,12-13,15H2,1-5H3. The van der Waals surface area contributed by atoms with Gasteiger partial charge in [0.25, 0.3) is 0 Å². The number of aromatic nitrogens is 1. The van der Waals surface area contributed by atoms with Crippen LogP contribution in [0.15, 0.2) is 30.5 Å². The highest BCUT2D eigenvalue weighted by Gasteiger charge is 2.10. The third kappa shape index (κ3) is 6.77. The van der Waals surface area contributed by atoms with Gasteiger partial charge in [0.1, 0.15) is 0 Å². The van der Waals surface area contributed by atoms with Gasteiger partial charge in [0, 0.05) is 37.3 Å². The Morgan fingerprint density at radius 3 is 2.52 bits per heavy atom. The summed E-state index contributed by atoms with van der Waals surface area (Å²) in [5.41, 5.74) is 2.39. The maximum atomic E-state index is 5.86. The maximum Gasteiger partial charge on any atom is 0.185 e. The molecule has 2 aromatic rings. The Bertz CT molecular complexity index is 644. The normalized spacial score (nSPS) is 11.7. The van der Waals surface area contributed by atoms with Crippen LogP contribution in [0.4, 0.5) is 5.13 Å². The minimum absolute atomic E-state index is 0.108. The molecule has 0 aliphatic carbocycles. The molecule has 0 aliphatic heterocycles. The molecule has 1 aromatic carbocycles. The van der Waals surface area contributed by atoms with Gasteiger partial charge in [0.2, 0.25) is 0 Å². The van der Waals surface area contributed by atoms with Crippen LogP contribution in [0.25, 0.3) is 0 Å². The number of nitrogens with zero attached hydrogens (tertiary/aromatic N) is 2. The molecule has 0 spiro atoms. The van der Waals surface area contributed by atoms with Gasteiger partial charge in [0.15, 0.2) is 5.13 Å². The zero-order valence-corrected chi connectivity index (χ0v) is 16.9. The van der Waals surface area contributed by atoms with Gasteiger partial charge < -0.3 is 15.0 Å². The fourth-order valence-corrected chi connectivity index (χ4v) is 3.49. The summed E-state index contributed by atoms with van der Waals surface area (Å²) in [5, 5.41) is 4.63. The summed E-state index contributed by atoms with van der Waals surface area (Å²) in [6.45, 7) is 14.9. The topological polar surface area (TPSA) is 37.4 Å². The first-order valence-corrected chi connectivity index (χ1v) is 9.85. The third-order valence-corrected chi connectivity index (χ3v) is 4.93. The van der Waals surface area contributed by atoms with Crippen molar-refractivity contribution in [3.05, 3.63) is 46.5 Å². The van der Waals surface area contributed by atoms with Crippen LogP contribution in [-0.2, 0) is 24.4 Å². The molecule has 0 aliphatic rings. The average Bonchev–Trinajstić information content (AvgIpc) is 3.03. The van der Waals surface area contributed by atoms with Gasteiger partial charge in [-0.2, -0.15) is 0 Å². The first-order chi connectivity index (χ1) is 11.9. The second-order valence-corrected chi connectivity index (χ2v) is 8.20. The number of anilines is 1. The van der Waals surface area contributed by atoms with Gasteiger partial charge >= 0.3 is 0 Å². The first kappa shape index (κ1) is 19.9. The van der Waals surface area contributed by atoms with E-state index in [-0.39, 0.29) is 5.60 Å². The largest absolute Gasteiger partial charge is 0.371 e. The van der Waals surface area contributed by atoms with Crippen molar-refractivity contribution in [2.75, 3.05) is 18.0 Å². The SMILES string of the molecule is CCN(CC)c1ncc(CNCc2cccc(COC(C)(C)C)c2)s1. The van der Waals surface area contributed by atoms with E-state index in [2.05, 4.69) is 74.1 Å². The molecule has 138 valence electrons. The summed E-state index contributed by atoms with van der Waals surface area (Å²) in [6, 6.07) is 8.59. The van der Waals surface area contributed by atoms with E-state index in [1.807, 2.05) is 6.20 Å². The van der Waals surface area contributed by atoms with Crippen molar-refractivity contribution in [2.24, 2.45) is 0 Å². The second kappa shape index (κ2) is 9.32. The lowest BCUT2D eigenvalue weighted by molar-refractivity contribution is -0.0149. The highest BCUT2D eigenvalue weighted by atomic mass is 32.1. The van der Waals surface area contributed by atoms with E-state index in [1.165, 1.54) is 16.0 Å². The van der Waals surface area contributed by atoms with Gasteiger partial charge in [-0.1, -0.05) is 24.3 Å². The summed E-state index contributed by atoms with van der Waals surface area (Å²) in [5.74, 6) is 0. The molecule has 0 saturated carbocycles. The fourth-order valence-electron chi connectivity index (χ4n) is 2.48. The Balaban J connectivity index is 1.83. The molecular weight excluding hydrogens is 330 g/mol. The zero-order valence-electron chi connectivity index (χ0n) is 16.1. The van der Waals surface area contributed by atoms with E-state index in [0.717, 1.165) is 31.3 Å². The van der Waals surface area contributed by atoms with Crippen molar-refractivity contribution in [1.82, 2.24) is 10.3 Å². The molecular formula is C20H31N3OS. The predicted octanol–water partition coefficient (Wildman–Crippen LogP) is 4.59. The van der Waals surface area contributed by atoms with Crippen LogP contribution in [0.2, 0.25) is 0 Å². The Morgan fingerprint density at radius 2 is 1.84 bits per heavy atom. The minimum Gasteiger partial charge on any atom is -0.371 e. The molecule has 0 fully saturated rings. The Morgan fingerprint density at radius 1 is 1.12 bits per heavy atom. The summed E-state index contributed by atoms with van der Waals surface area (Å²) in [7, 11) is 0. The van der Waals surface area contributed by atoms with Gasteiger partial charge in [0.05, 0.1) is 12.2 Å². The zero-order chi connectivity index (χ0) is 18.3. The number of thiazole rings is 1. The quantitative estimate of drug-likeness (QED) is 0.708. The van der Waals surface area contributed by atoms with Crippen molar-refractivity contribution in [1.29, 1.82) is 0 Å². The van der Waals surface area contributed by atoms with E-state index in [9.17, 15) is 0 Å². The molecule has 1 aromatic heterocycles. The van der Waals surface area contributed by atoms with Gasteiger partial charge in [-0.15, -0.1) is 11.3 Å². The molecule has 0 radical (unpaired) electrons. The van der Waals surface area contributed by atoms with Crippen LogP contribution in [0, 0.1) is 0 Å². The molecule has 0 amide bonds. The van der Waals surface area contributed by atoms with Crippen molar-refractivity contribution in [3.63, 3.8) is 0 Å². The van der Waals surface area contributed by atoms with E-state index in [0.29, 0.717) is 6.61 Å². The molecule has 5 heteroatoms. The van der Waals surface area contributed by atoms with Crippen molar-refractivity contribution in [2.45, 2.75) is 59.9 Å². The smallest absolute Gasteiger partial charge is 0.185 e. The highest BCUT2D eigenvalue weighted by molar-refractivity contribution is 7.15. The van der Waals surface area contributed by atoms with E-state index in [4.69, 9.17) is 4.74 Å². The van der Waals surface area contributed by atoms with E-state index >= 15 is 0 Å². The van der Waals surface area contributed by atoms with E-state index < -0.39 is 0 Å². The Hall–Kier alpha value is -1.43. The predicted molar refractivity (Wildman–Crippen MR) is 107 cm³/mol. The summed E-state index contributed by atoms with van der Waals surface area (Å²) in [4.78, 5) is 8.09. The van der Waals surface area contributed by atoms with Crippen molar-refractivity contribution in [3.8, 4) is 0 Å². The maximum absolute atomic E-state index is 5.86. The Kier molecular flexibility index (Phi) is 7.41. The second-order valence-electron chi connectivity index (χ2n) is 7.11. The lowest BCUT2D eigenvalue weighted by Crippen LogP contribution is -2.21. The van der Waals surface area contributed by atoms with Crippen LogP contribution in [0.1, 0.15) is 50.6 Å². The number of ether oxygens (including phenoxy) is 1. The van der Waals surface area contributed by atoms with E-state index in [1.54, 1.807) is 11.3 Å². The van der Waals surface area contributed by atoms with Gasteiger partial charge in [-0.05, 0) is 45.7 Å². The number of nitrogens with one attached hydrogen (secondary N) is 1. The monoisotopic (exact) mass is 361 g/mol. The first-order valence-electron chi connectivity index (χ1n) is 9.03. The number of benzene rings is 1. The molecule has 4 nitrogen and oxygen atoms in total. The van der Waals surface area contributed by atoms with Gasteiger partial charge in [-0.3, -0.25) is 0 Å². The van der Waals surface area contributed by atoms with Crippen molar-refractivity contribution < 1.29 is 4.74 Å². The lowest BCUT2D eigenvalue weighted by Gasteiger charge is -2.19. The molecule has 0 bridgehead atoms. The van der Waals surface area contributed by atoms with Crippen LogP contribution in [0.5, 0.6) is 0 Å². The molecule has 1 heterocycles. The number of hydrogen-bond donors (Lipinski definition) is 1. The highest BCUT2D eigenvalue weighted by Crippen LogP contribution is 2.22. The summed E-state index contributed by atoms with van der Waals surface area (Å²) >= 11 is 1.77. The van der Waals surface area contributed by atoms with Crippen LogP contribution >= 0.6 is 11.3 Å². The van der Waals surface area contributed by atoms with Crippen LogP contribution in [-0.4, -0.2) is 23.7 Å². The molecule has 0 saturated heterocycles. The van der Waals surface area contributed by atoms with Gasteiger partial charge in [-0.25, -0.2) is 4.98 Å². The minimum atomic E-state index is -0.108. The van der Waals surface area contributed by atoms with Crippen LogP contribution in [0.3, 0.4) is 0 Å². The summed E-state index contributed by atoms with van der Waals surface area (Å²) < 4.78 is 5.86. The number of hydrogen-bond acceptors (Lipinski definition) is 5. The molecule has 0 unspecified atom stereocenters. The lowest BCUT2D eigenvalue weighted by atomic mass is 10.1. The third-order valence-electron chi connectivity index (χ3n) is 3.87. The van der Waals surface area contributed by atoms with Crippen molar-refractivity contribution >= 4 is 16.5 Å². The van der Waals surface area contributed by atoms with Crippen LogP contribution < -0.4 is 10.2 Å². The molecule has 0 atom stereocenters. The fraction of sp³-hybridized carbons (Fsp3) is 0.550. The molecule has 1 N–H and O–H groups in total. The Labute approximate surface area is 156 Å². The summed E-state index contributed by atoms with van der Waals surface area (Å²) in [6.07, 6.45) is 1.99. The molecule has 2 rings (SSSR count). The average molecular weight is 362 g/mol. The number of rotatable bonds is 9. The molecule has 25 heavy (non-hydrogen) atoms.